The number of ether oxygens (including phenoxy) is 1. The van der Waals surface area contributed by atoms with Gasteiger partial charge < -0.3 is 4.74 Å². The van der Waals surface area contributed by atoms with Crippen LogP contribution in [0.1, 0.15) is 10.4 Å². The summed E-state index contributed by atoms with van der Waals surface area (Å²) in [6.07, 6.45) is 0. The zero-order valence-electron chi connectivity index (χ0n) is 7.92. The lowest BCUT2D eigenvalue weighted by Gasteiger charge is -2.02. The molecular formula is C11H11BrO2. The highest BCUT2D eigenvalue weighted by atomic mass is 79.9. The van der Waals surface area contributed by atoms with Gasteiger partial charge in [-0.3, -0.25) is 4.79 Å². The second kappa shape index (κ2) is 4.96. The van der Waals surface area contributed by atoms with Crippen LogP contribution in [0.4, 0.5) is 0 Å². The van der Waals surface area contributed by atoms with Crippen molar-refractivity contribution in [2.24, 2.45) is 0 Å². The molecule has 0 spiro atoms. The first-order chi connectivity index (χ1) is 6.69. The zero-order chi connectivity index (χ0) is 10.6. The number of halogens is 1. The summed E-state index contributed by atoms with van der Waals surface area (Å²) in [6.45, 7) is 3.66. The van der Waals surface area contributed by atoms with E-state index in [2.05, 4.69) is 22.5 Å². The standard InChI is InChI=1S/C11H11BrO2/c1-8(7-12)11(13)9-3-5-10(14-2)6-4-9/h3-6H,1,7H2,2H3. The Morgan fingerprint density at radius 2 is 2.00 bits per heavy atom. The molecule has 1 aromatic rings. The molecule has 0 N–H and O–H groups in total. The monoisotopic (exact) mass is 254 g/mol. The van der Waals surface area contributed by atoms with Crippen molar-refractivity contribution in [3.63, 3.8) is 0 Å². The van der Waals surface area contributed by atoms with Crippen LogP contribution in [0.2, 0.25) is 0 Å². The minimum atomic E-state index is -0.0375. The lowest BCUT2D eigenvalue weighted by molar-refractivity contribution is 0.103. The van der Waals surface area contributed by atoms with Crippen LogP contribution in [0.15, 0.2) is 36.4 Å². The molecule has 0 atom stereocenters. The first-order valence-corrected chi connectivity index (χ1v) is 5.23. The maximum absolute atomic E-state index is 11.6. The number of ketones is 1. The highest BCUT2D eigenvalue weighted by Gasteiger charge is 2.08. The summed E-state index contributed by atoms with van der Waals surface area (Å²) in [5.41, 5.74) is 1.19. The van der Waals surface area contributed by atoms with E-state index in [-0.39, 0.29) is 5.78 Å². The predicted octanol–water partition coefficient (Wildman–Crippen LogP) is 2.83. The average molecular weight is 255 g/mol. The van der Waals surface area contributed by atoms with Crippen LogP contribution in [0.3, 0.4) is 0 Å². The maximum atomic E-state index is 11.6. The molecule has 0 radical (unpaired) electrons. The fourth-order valence-corrected chi connectivity index (χ4v) is 1.26. The SMILES string of the molecule is C=C(CBr)C(=O)c1ccc(OC)cc1. The number of hydrogen-bond acceptors (Lipinski definition) is 2. The highest BCUT2D eigenvalue weighted by molar-refractivity contribution is 9.09. The van der Waals surface area contributed by atoms with Gasteiger partial charge in [-0.2, -0.15) is 0 Å². The number of alkyl halides is 1. The Hall–Kier alpha value is -1.09. The van der Waals surface area contributed by atoms with E-state index in [4.69, 9.17) is 4.74 Å². The van der Waals surface area contributed by atoms with Crippen LogP contribution in [0.5, 0.6) is 5.75 Å². The number of benzene rings is 1. The molecule has 0 saturated carbocycles. The topological polar surface area (TPSA) is 26.3 Å². The molecule has 3 heteroatoms. The van der Waals surface area contributed by atoms with Crippen molar-refractivity contribution in [3.05, 3.63) is 42.0 Å². The van der Waals surface area contributed by atoms with E-state index < -0.39 is 0 Å². The second-order valence-electron chi connectivity index (χ2n) is 2.79. The summed E-state index contributed by atoms with van der Waals surface area (Å²) >= 11 is 3.20. The Morgan fingerprint density at radius 1 is 1.43 bits per heavy atom. The number of rotatable bonds is 4. The minimum absolute atomic E-state index is 0.0375. The van der Waals surface area contributed by atoms with Crippen molar-refractivity contribution >= 4 is 21.7 Å². The van der Waals surface area contributed by atoms with E-state index in [9.17, 15) is 4.79 Å². The molecule has 14 heavy (non-hydrogen) atoms. The Labute approximate surface area is 91.7 Å². The molecule has 0 aromatic heterocycles. The molecule has 0 aliphatic rings. The third-order valence-electron chi connectivity index (χ3n) is 1.83. The van der Waals surface area contributed by atoms with E-state index in [0.29, 0.717) is 16.5 Å². The Kier molecular flexibility index (Phi) is 3.89. The molecule has 0 aliphatic carbocycles. The fourth-order valence-electron chi connectivity index (χ4n) is 1.01. The number of hydrogen-bond donors (Lipinski definition) is 0. The van der Waals surface area contributed by atoms with Crippen molar-refractivity contribution in [3.8, 4) is 5.75 Å². The smallest absolute Gasteiger partial charge is 0.189 e. The lowest BCUT2D eigenvalue weighted by atomic mass is 10.1. The number of Topliss-reactive ketones (excluding diaryl/α,β-unsaturated/α-hetero) is 1. The summed E-state index contributed by atoms with van der Waals surface area (Å²) < 4.78 is 4.99. The van der Waals surface area contributed by atoms with Gasteiger partial charge >= 0.3 is 0 Å². The van der Waals surface area contributed by atoms with Crippen molar-refractivity contribution < 1.29 is 9.53 Å². The van der Waals surface area contributed by atoms with Crippen molar-refractivity contribution in [1.29, 1.82) is 0 Å². The second-order valence-corrected chi connectivity index (χ2v) is 3.36. The van der Waals surface area contributed by atoms with E-state index in [1.54, 1.807) is 31.4 Å². The molecule has 0 heterocycles. The first-order valence-electron chi connectivity index (χ1n) is 4.11. The van der Waals surface area contributed by atoms with Crippen LogP contribution < -0.4 is 4.74 Å². The molecule has 0 unspecified atom stereocenters. The molecule has 0 fully saturated rings. The van der Waals surface area contributed by atoms with Crippen LogP contribution in [0.25, 0.3) is 0 Å². The molecule has 1 aromatic carbocycles. The van der Waals surface area contributed by atoms with E-state index >= 15 is 0 Å². The number of allylic oxidation sites excluding steroid dienone is 1. The van der Waals surface area contributed by atoms with Crippen LogP contribution >= 0.6 is 15.9 Å². The maximum Gasteiger partial charge on any atom is 0.189 e. The largest absolute Gasteiger partial charge is 0.497 e. The Morgan fingerprint density at radius 3 is 2.43 bits per heavy atom. The average Bonchev–Trinajstić information content (AvgIpc) is 2.27. The van der Waals surface area contributed by atoms with Gasteiger partial charge in [0, 0.05) is 16.5 Å². The minimum Gasteiger partial charge on any atom is -0.497 e. The molecule has 0 aliphatic heterocycles. The third kappa shape index (κ3) is 2.45. The van der Waals surface area contributed by atoms with E-state index in [0.717, 1.165) is 5.75 Å². The van der Waals surface area contributed by atoms with Crippen LogP contribution in [0, 0.1) is 0 Å². The first kappa shape index (κ1) is 11.0. The Balaban J connectivity index is 2.87. The van der Waals surface area contributed by atoms with Gasteiger partial charge in [0.2, 0.25) is 0 Å². The molecule has 1 rings (SSSR count). The third-order valence-corrected chi connectivity index (χ3v) is 2.51. The Bertz CT molecular complexity index is 341. The van der Waals surface area contributed by atoms with Crippen molar-refractivity contribution in [2.75, 3.05) is 12.4 Å². The van der Waals surface area contributed by atoms with Gasteiger partial charge in [0.1, 0.15) is 5.75 Å². The summed E-state index contributed by atoms with van der Waals surface area (Å²) in [4.78, 5) is 11.6. The summed E-state index contributed by atoms with van der Waals surface area (Å²) in [5.74, 6) is 0.704. The predicted molar refractivity (Wildman–Crippen MR) is 60.3 cm³/mol. The normalized spacial score (nSPS) is 9.57. The molecule has 0 bridgehead atoms. The highest BCUT2D eigenvalue weighted by Crippen LogP contribution is 2.14. The van der Waals surface area contributed by atoms with Crippen LogP contribution in [-0.4, -0.2) is 18.2 Å². The molecular weight excluding hydrogens is 244 g/mol. The number of methoxy groups -OCH3 is 1. The molecule has 0 saturated heterocycles. The molecule has 0 amide bonds. The summed E-state index contributed by atoms with van der Waals surface area (Å²) in [5, 5.41) is 0.498. The molecule has 74 valence electrons. The zero-order valence-corrected chi connectivity index (χ0v) is 9.50. The lowest BCUT2D eigenvalue weighted by Crippen LogP contribution is -2.02. The number of carbonyl (C=O) groups is 1. The van der Waals surface area contributed by atoms with Crippen molar-refractivity contribution in [1.82, 2.24) is 0 Å². The molecule has 2 nitrogen and oxygen atoms in total. The van der Waals surface area contributed by atoms with Gasteiger partial charge in [0.15, 0.2) is 5.78 Å². The quantitative estimate of drug-likeness (QED) is 0.469. The number of carbonyl (C=O) groups excluding carboxylic acids is 1. The van der Waals surface area contributed by atoms with Gasteiger partial charge in [-0.05, 0) is 24.3 Å². The van der Waals surface area contributed by atoms with Gasteiger partial charge in [-0.15, -0.1) is 0 Å². The van der Waals surface area contributed by atoms with Gasteiger partial charge in [-0.1, -0.05) is 22.5 Å². The van der Waals surface area contributed by atoms with Gasteiger partial charge in [-0.25, -0.2) is 0 Å². The van der Waals surface area contributed by atoms with Gasteiger partial charge in [0.25, 0.3) is 0 Å². The van der Waals surface area contributed by atoms with Crippen LogP contribution in [-0.2, 0) is 0 Å². The van der Waals surface area contributed by atoms with E-state index in [1.807, 2.05) is 0 Å². The van der Waals surface area contributed by atoms with Crippen molar-refractivity contribution in [2.45, 2.75) is 0 Å². The summed E-state index contributed by atoms with van der Waals surface area (Å²) in [7, 11) is 1.59. The van der Waals surface area contributed by atoms with Gasteiger partial charge in [0.05, 0.1) is 7.11 Å². The summed E-state index contributed by atoms with van der Waals surface area (Å²) in [6, 6.07) is 6.98. The fraction of sp³-hybridized carbons (Fsp3) is 0.182. The van der Waals surface area contributed by atoms with E-state index in [1.165, 1.54) is 0 Å².